The highest BCUT2D eigenvalue weighted by Gasteiger charge is 2.34. The molecule has 5 nitrogen and oxygen atoms in total. The number of halogens is 1. The highest BCUT2D eigenvalue weighted by atomic mass is 79.9. The molecule has 1 amide bonds. The van der Waals surface area contributed by atoms with Gasteiger partial charge in [-0.2, -0.15) is 0 Å². The number of ether oxygens (including phenoxy) is 1. The van der Waals surface area contributed by atoms with Crippen molar-refractivity contribution in [1.29, 1.82) is 0 Å². The maximum atomic E-state index is 12.7. The Labute approximate surface area is 132 Å². The molecule has 0 bridgehead atoms. The zero-order chi connectivity index (χ0) is 15.4. The first kappa shape index (κ1) is 16.0. The Kier molecular flexibility index (Phi) is 5.36. The molecule has 1 atom stereocenters. The fourth-order valence-corrected chi connectivity index (χ4v) is 2.89. The number of nitrogens with one attached hydrogen (secondary N) is 1. The molecule has 0 saturated carbocycles. The van der Waals surface area contributed by atoms with E-state index in [2.05, 4.69) is 21.2 Å². The van der Waals surface area contributed by atoms with Gasteiger partial charge in [0.15, 0.2) is 0 Å². The number of carbonyl (C=O) groups is 2. The van der Waals surface area contributed by atoms with E-state index in [9.17, 15) is 9.59 Å². The van der Waals surface area contributed by atoms with E-state index < -0.39 is 6.04 Å². The predicted molar refractivity (Wildman–Crippen MR) is 83.2 cm³/mol. The van der Waals surface area contributed by atoms with E-state index in [0.29, 0.717) is 31.8 Å². The van der Waals surface area contributed by atoms with Crippen LogP contribution in [0.25, 0.3) is 0 Å². The first-order chi connectivity index (χ1) is 10.0. The van der Waals surface area contributed by atoms with Crippen LogP contribution in [0.1, 0.15) is 22.8 Å². The van der Waals surface area contributed by atoms with Gasteiger partial charge in [-0.05, 0) is 37.6 Å². The molecule has 1 saturated heterocycles. The van der Waals surface area contributed by atoms with Crippen LogP contribution in [0.5, 0.6) is 0 Å². The molecule has 1 aromatic carbocycles. The Hall–Kier alpha value is -1.40. The number of carbonyl (C=O) groups excluding carboxylic acids is 2. The van der Waals surface area contributed by atoms with E-state index in [1.807, 2.05) is 19.1 Å². The lowest BCUT2D eigenvalue weighted by molar-refractivity contribution is -0.149. The van der Waals surface area contributed by atoms with E-state index >= 15 is 0 Å². The number of hydrogen-bond acceptors (Lipinski definition) is 4. The summed E-state index contributed by atoms with van der Waals surface area (Å²) in [6, 6.07) is 4.96. The minimum atomic E-state index is -0.561. The number of aryl methyl sites for hydroxylation is 1. The van der Waals surface area contributed by atoms with Crippen molar-refractivity contribution in [2.75, 3.05) is 26.2 Å². The van der Waals surface area contributed by atoms with Crippen LogP contribution in [0.15, 0.2) is 22.7 Å². The predicted octanol–water partition coefficient (Wildman–Crippen LogP) is 1.73. The van der Waals surface area contributed by atoms with Gasteiger partial charge in [0.25, 0.3) is 5.91 Å². The first-order valence-electron chi connectivity index (χ1n) is 6.99. The van der Waals surface area contributed by atoms with Crippen molar-refractivity contribution in [2.24, 2.45) is 0 Å². The van der Waals surface area contributed by atoms with Gasteiger partial charge in [-0.3, -0.25) is 4.79 Å². The Balaban J connectivity index is 2.24. The summed E-state index contributed by atoms with van der Waals surface area (Å²) < 4.78 is 6.00. The number of benzene rings is 1. The van der Waals surface area contributed by atoms with Gasteiger partial charge in [-0.25, -0.2) is 4.79 Å². The molecule has 1 aliphatic rings. The third-order valence-electron chi connectivity index (χ3n) is 3.48. The van der Waals surface area contributed by atoms with Crippen LogP contribution in [0.2, 0.25) is 0 Å². The zero-order valence-electron chi connectivity index (χ0n) is 12.2. The molecule has 1 aliphatic heterocycles. The van der Waals surface area contributed by atoms with Gasteiger partial charge in [-0.15, -0.1) is 0 Å². The SMILES string of the molecule is CCOC(=O)C1CNCCN1C(=O)c1ccc(Br)cc1C. The molecule has 1 unspecified atom stereocenters. The summed E-state index contributed by atoms with van der Waals surface area (Å²) in [5, 5.41) is 3.13. The molecule has 2 rings (SSSR count). The molecule has 0 aromatic heterocycles. The summed E-state index contributed by atoms with van der Waals surface area (Å²) in [6.45, 7) is 5.57. The van der Waals surface area contributed by atoms with E-state index in [1.54, 1.807) is 17.9 Å². The standard InChI is InChI=1S/C15H19BrN2O3/c1-3-21-15(20)13-9-17-6-7-18(13)14(19)12-5-4-11(16)8-10(12)2/h4-5,8,13,17H,3,6-7,9H2,1-2H3. The number of hydrogen-bond donors (Lipinski definition) is 1. The maximum Gasteiger partial charge on any atom is 0.330 e. The van der Waals surface area contributed by atoms with Crippen LogP contribution in [-0.2, 0) is 9.53 Å². The lowest BCUT2D eigenvalue weighted by Crippen LogP contribution is -2.57. The second kappa shape index (κ2) is 7.04. The summed E-state index contributed by atoms with van der Waals surface area (Å²) in [4.78, 5) is 26.3. The topological polar surface area (TPSA) is 58.6 Å². The number of esters is 1. The van der Waals surface area contributed by atoms with E-state index in [-0.39, 0.29) is 11.9 Å². The van der Waals surface area contributed by atoms with Crippen molar-refractivity contribution in [1.82, 2.24) is 10.2 Å². The highest BCUT2D eigenvalue weighted by molar-refractivity contribution is 9.10. The zero-order valence-corrected chi connectivity index (χ0v) is 13.8. The smallest absolute Gasteiger partial charge is 0.330 e. The Morgan fingerprint density at radius 1 is 1.48 bits per heavy atom. The molecular weight excluding hydrogens is 336 g/mol. The van der Waals surface area contributed by atoms with Gasteiger partial charge >= 0.3 is 5.97 Å². The number of rotatable bonds is 3. The molecule has 0 spiro atoms. The van der Waals surface area contributed by atoms with E-state index in [1.165, 1.54) is 0 Å². The van der Waals surface area contributed by atoms with E-state index in [4.69, 9.17) is 4.74 Å². The second-order valence-corrected chi connectivity index (χ2v) is 5.85. The summed E-state index contributed by atoms with van der Waals surface area (Å²) in [5.41, 5.74) is 1.50. The summed E-state index contributed by atoms with van der Waals surface area (Å²) in [5.74, 6) is -0.479. The molecule has 114 valence electrons. The molecule has 21 heavy (non-hydrogen) atoms. The molecule has 1 heterocycles. The van der Waals surface area contributed by atoms with Crippen LogP contribution in [0.4, 0.5) is 0 Å². The Morgan fingerprint density at radius 2 is 2.24 bits per heavy atom. The molecule has 1 N–H and O–H groups in total. The normalized spacial score (nSPS) is 18.4. The minimum Gasteiger partial charge on any atom is -0.464 e. The van der Waals surface area contributed by atoms with Crippen LogP contribution < -0.4 is 5.32 Å². The van der Waals surface area contributed by atoms with Crippen molar-refractivity contribution in [3.8, 4) is 0 Å². The minimum absolute atomic E-state index is 0.125. The van der Waals surface area contributed by atoms with Crippen molar-refractivity contribution in [3.63, 3.8) is 0 Å². The van der Waals surface area contributed by atoms with Gasteiger partial charge in [0.05, 0.1) is 6.61 Å². The number of nitrogens with zero attached hydrogens (tertiary/aromatic N) is 1. The van der Waals surface area contributed by atoms with Crippen molar-refractivity contribution >= 4 is 27.8 Å². The summed E-state index contributed by atoms with van der Waals surface area (Å²) in [7, 11) is 0. The van der Waals surface area contributed by atoms with Gasteiger partial charge in [0.2, 0.25) is 0 Å². The van der Waals surface area contributed by atoms with Crippen LogP contribution in [-0.4, -0.2) is 49.1 Å². The average molecular weight is 355 g/mol. The monoisotopic (exact) mass is 354 g/mol. The largest absolute Gasteiger partial charge is 0.464 e. The first-order valence-corrected chi connectivity index (χ1v) is 7.78. The van der Waals surface area contributed by atoms with Crippen molar-refractivity contribution in [2.45, 2.75) is 19.9 Å². The Bertz CT molecular complexity index is 548. The molecule has 1 aromatic rings. The molecule has 1 fully saturated rings. The van der Waals surface area contributed by atoms with Crippen LogP contribution in [0.3, 0.4) is 0 Å². The number of amides is 1. The fraction of sp³-hybridized carbons (Fsp3) is 0.467. The summed E-state index contributed by atoms with van der Waals surface area (Å²) >= 11 is 3.39. The lowest BCUT2D eigenvalue weighted by atomic mass is 10.1. The summed E-state index contributed by atoms with van der Waals surface area (Å²) in [6.07, 6.45) is 0. The van der Waals surface area contributed by atoms with E-state index in [0.717, 1.165) is 10.0 Å². The van der Waals surface area contributed by atoms with Gasteiger partial charge in [0.1, 0.15) is 6.04 Å². The average Bonchev–Trinajstić information content (AvgIpc) is 2.47. The molecule has 6 heteroatoms. The van der Waals surface area contributed by atoms with Gasteiger partial charge in [0, 0.05) is 29.7 Å². The van der Waals surface area contributed by atoms with Crippen LogP contribution >= 0.6 is 15.9 Å². The molecular formula is C15H19BrN2O3. The Morgan fingerprint density at radius 3 is 2.90 bits per heavy atom. The van der Waals surface area contributed by atoms with Crippen molar-refractivity contribution < 1.29 is 14.3 Å². The second-order valence-electron chi connectivity index (χ2n) is 4.93. The van der Waals surface area contributed by atoms with Gasteiger partial charge in [-0.1, -0.05) is 15.9 Å². The molecule has 0 aliphatic carbocycles. The van der Waals surface area contributed by atoms with Crippen LogP contribution in [0, 0.1) is 6.92 Å². The lowest BCUT2D eigenvalue weighted by Gasteiger charge is -2.34. The molecule has 0 radical (unpaired) electrons. The quantitative estimate of drug-likeness (QED) is 0.840. The third kappa shape index (κ3) is 3.63. The fourth-order valence-electron chi connectivity index (χ4n) is 2.42. The maximum absolute atomic E-state index is 12.7. The van der Waals surface area contributed by atoms with Crippen molar-refractivity contribution in [3.05, 3.63) is 33.8 Å². The van der Waals surface area contributed by atoms with Gasteiger partial charge < -0.3 is 15.0 Å². The third-order valence-corrected chi connectivity index (χ3v) is 3.98. The highest BCUT2D eigenvalue weighted by Crippen LogP contribution is 2.19. The number of piperazine rings is 1.